The summed E-state index contributed by atoms with van der Waals surface area (Å²) in [5.41, 5.74) is 2.94. The molecule has 1 saturated heterocycles. The number of likely N-dealkylation sites (tertiary alicyclic amines) is 1. The number of amides is 1. The SMILES string of the molecule is CN(CCO)C[C@@H]1CN(C(=O)c2c3c(nn2C)CCCC3)C[C@@H]1CO. The molecule has 0 saturated carbocycles. The van der Waals surface area contributed by atoms with Gasteiger partial charge in [-0.2, -0.15) is 5.10 Å². The summed E-state index contributed by atoms with van der Waals surface area (Å²) in [7, 11) is 3.82. The molecule has 2 heterocycles. The molecule has 140 valence electrons. The van der Waals surface area contributed by atoms with Crippen molar-refractivity contribution >= 4 is 5.91 Å². The number of carbonyl (C=O) groups excluding carboxylic acids is 1. The number of likely N-dealkylation sites (N-methyl/N-ethyl adjacent to an activating group) is 1. The Kier molecular flexibility index (Phi) is 5.76. The van der Waals surface area contributed by atoms with Crippen LogP contribution in [-0.4, -0.2) is 82.1 Å². The molecule has 2 atom stereocenters. The Morgan fingerprint density at radius 2 is 1.96 bits per heavy atom. The normalized spacial score (nSPS) is 23.3. The van der Waals surface area contributed by atoms with E-state index in [0.717, 1.165) is 49.2 Å². The van der Waals surface area contributed by atoms with E-state index in [4.69, 9.17) is 5.11 Å². The minimum absolute atomic E-state index is 0.0453. The lowest BCUT2D eigenvalue weighted by atomic mass is 9.95. The average molecular weight is 350 g/mol. The molecule has 2 N–H and O–H groups in total. The Balaban J connectivity index is 1.74. The highest BCUT2D eigenvalue weighted by Crippen LogP contribution is 2.29. The molecule has 1 fully saturated rings. The standard InChI is InChI=1S/C18H30N4O3/c1-20(7-8-23)9-13-10-22(11-14(13)12-24)18(25)17-15-5-3-4-6-16(15)19-21(17)2/h13-14,23-24H,3-12H2,1-2H3/t13-,14-/m1/s1. The molecule has 1 aliphatic carbocycles. The van der Waals surface area contributed by atoms with E-state index in [1.54, 1.807) is 4.68 Å². The number of aliphatic hydroxyl groups excluding tert-OH is 2. The van der Waals surface area contributed by atoms with Gasteiger partial charge in [-0.25, -0.2) is 0 Å². The fraction of sp³-hybridized carbons (Fsp3) is 0.778. The Morgan fingerprint density at radius 3 is 2.68 bits per heavy atom. The van der Waals surface area contributed by atoms with E-state index in [9.17, 15) is 9.90 Å². The maximum Gasteiger partial charge on any atom is 0.272 e. The van der Waals surface area contributed by atoms with E-state index in [1.807, 2.05) is 19.0 Å². The van der Waals surface area contributed by atoms with Crippen LogP contribution in [0.2, 0.25) is 0 Å². The van der Waals surface area contributed by atoms with Crippen molar-refractivity contribution in [1.82, 2.24) is 19.6 Å². The maximum atomic E-state index is 13.1. The highest BCUT2D eigenvalue weighted by Gasteiger charge is 2.37. The summed E-state index contributed by atoms with van der Waals surface area (Å²) < 4.78 is 1.75. The van der Waals surface area contributed by atoms with Crippen molar-refractivity contribution in [3.05, 3.63) is 17.0 Å². The van der Waals surface area contributed by atoms with Gasteiger partial charge in [0.1, 0.15) is 5.69 Å². The third kappa shape index (κ3) is 3.73. The van der Waals surface area contributed by atoms with E-state index in [2.05, 4.69) is 10.00 Å². The number of carbonyl (C=O) groups is 1. The van der Waals surface area contributed by atoms with Crippen LogP contribution in [0.5, 0.6) is 0 Å². The van der Waals surface area contributed by atoms with Gasteiger partial charge in [-0.1, -0.05) is 0 Å². The van der Waals surface area contributed by atoms with E-state index < -0.39 is 0 Å². The monoisotopic (exact) mass is 350 g/mol. The first-order chi connectivity index (χ1) is 12.0. The smallest absolute Gasteiger partial charge is 0.272 e. The molecule has 0 aromatic carbocycles. The fourth-order valence-corrected chi connectivity index (χ4v) is 4.28. The molecule has 0 spiro atoms. The number of nitrogens with zero attached hydrogens (tertiary/aromatic N) is 4. The van der Waals surface area contributed by atoms with E-state index in [-0.39, 0.29) is 31.0 Å². The second kappa shape index (κ2) is 7.85. The zero-order valence-corrected chi connectivity index (χ0v) is 15.3. The number of aromatic nitrogens is 2. The zero-order valence-electron chi connectivity index (χ0n) is 15.3. The van der Waals surface area contributed by atoms with Crippen molar-refractivity contribution in [2.24, 2.45) is 18.9 Å². The third-order valence-corrected chi connectivity index (χ3v) is 5.65. The van der Waals surface area contributed by atoms with Crippen LogP contribution in [0, 0.1) is 11.8 Å². The zero-order chi connectivity index (χ0) is 18.0. The van der Waals surface area contributed by atoms with Crippen molar-refractivity contribution in [1.29, 1.82) is 0 Å². The van der Waals surface area contributed by atoms with Gasteiger partial charge >= 0.3 is 0 Å². The minimum atomic E-state index is 0.0453. The van der Waals surface area contributed by atoms with E-state index in [0.29, 0.717) is 19.6 Å². The molecule has 3 rings (SSSR count). The summed E-state index contributed by atoms with van der Waals surface area (Å²) in [5, 5.41) is 23.4. The summed E-state index contributed by atoms with van der Waals surface area (Å²) in [4.78, 5) is 17.1. The number of hydrogen-bond donors (Lipinski definition) is 2. The number of hydrogen-bond acceptors (Lipinski definition) is 5. The minimum Gasteiger partial charge on any atom is -0.396 e. The molecule has 7 nitrogen and oxygen atoms in total. The lowest BCUT2D eigenvalue weighted by Crippen LogP contribution is -2.34. The Morgan fingerprint density at radius 1 is 1.24 bits per heavy atom. The van der Waals surface area contributed by atoms with Crippen LogP contribution < -0.4 is 0 Å². The topological polar surface area (TPSA) is 81.8 Å². The van der Waals surface area contributed by atoms with Crippen molar-refractivity contribution in [3.63, 3.8) is 0 Å². The molecule has 1 aliphatic heterocycles. The van der Waals surface area contributed by atoms with Crippen molar-refractivity contribution in [2.75, 3.05) is 46.4 Å². The molecule has 1 aromatic heterocycles. The first-order valence-electron chi connectivity index (χ1n) is 9.29. The second-order valence-corrected chi connectivity index (χ2v) is 7.50. The van der Waals surface area contributed by atoms with Crippen LogP contribution in [0.3, 0.4) is 0 Å². The maximum absolute atomic E-state index is 13.1. The number of fused-ring (bicyclic) bond motifs is 1. The van der Waals surface area contributed by atoms with Gasteiger partial charge < -0.3 is 20.0 Å². The summed E-state index contributed by atoms with van der Waals surface area (Å²) in [6.07, 6.45) is 4.16. The average Bonchev–Trinajstić information content (AvgIpc) is 3.14. The van der Waals surface area contributed by atoms with Gasteiger partial charge in [0.15, 0.2) is 0 Å². The van der Waals surface area contributed by atoms with Crippen LogP contribution in [0.15, 0.2) is 0 Å². The Bertz CT molecular complexity index is 616. The van der Waals surface area contributed by atoms with Gasteiger partial charge in [0.25, 0.3) is 5.91 Å². The van der Waals surface area contributed by atoms with Gasteiger partial charge in [-0.15, -0.1) is 0 Å². The number of aryl methyl sites for hydroxylation is 2. The molecule has 0 radical (unpaired) electrons. The van der Waals surface area contributed by atoms with Gasteiger partial charge in [0.05, 0.1) is 12.3 Å². The van der Waals surface area contributed by atoms with Crippen LogP contribution in [0.25, 0.3) is 0 Å². The number of rotatable bonds is 6. The summed E-state index contributed by atoms with van der Waals surface area (Å²) >= 11 is 0. The lowest BCUT2D eigenvalue weighted by Gasteiger charge is -2.23. The molecule has 7 heteroatoms. The fourth-order valence-electron chi connectivity index (χ4n) is 4.28. The first-order valence-corrected chi connectivity index (χ1v) is 9.29. The third-order valence-electron chi connectivity index (χ3n) is 5.65. The summed E-state index contributed by atoms with van der Waals surface area (Å²) in [5.74, 6) is 0.368. The molecular weight excluding hydrogens is 320 g/mol. The van der Waals surface area contributed by atoms with Gasteiger partial charge in [-0.05, 0) is 38.6 Å². The summed E-state index contributed by atoms with van der Waals surface area (Å²) in [6.45, 7) is 2.84. The molecule has 1 amide bonds. The first kappa shape index (κ1) is 18.4. The van der Waals surface area contributed by atoms with Gasteiger partial charge in [0, 0.05) is 51.3 Å². The molecule has 0 unspecified atom stereocenters. The predicted octanol–water partition coefficient (Wildman–Crippen LogP) is -0.0965. The molecule has 25 heavy (non-hydrogen) atoms. The van der Waals surface area contributed by atoms with Crippen molar-refractivity contribution in [2.45, 2.75) is 25.7 Å². The molecule has 2 aliphatic rings. The Labute approximate surface area is 149 Å². The highest BCUT2D eigenvalue weighted by molar-refractivity contribution is 5.94. The van der Waals surface area contributed by atoms with E-state index in [1.165, 1.54) is 0 Å². The lowest BCUT2D eigenvalue weighted by molar-refractivity contribution is 0.0766. The van der Waals surface area contributed by atoms with Crippen LogP contribution in [0.4, 0.5) is 0 Å². The Hall–Kier alpha value is -1.44. The van der Waals surface area contributed by atoms with Crippen molar-refractivity contribution in [3.8, 4) is 0 Å². The van der Waals surface area contributed by atoms with Crippen LogP contribution in [-0.2, 0) is 19.9 Å². The molecular formula is C18H30N4O3. The summed E-state index contributed by atoms with van der Waals surface area (Å²) in [6, 6.07) is 0. The molecule has 0 bridgehead atoms. The largest absolute Gasteiger partial charge is 0.396 e. The van der Waals surface area contributed by atoms with E-state index >= 15 is 0 Å². The van der Waals surface area contributed by atoms with Gasteiger partial charge in [0.2, 0.25) is 0 Å². The van der Waals surface area contributed by atoms with Crippen molar-refractivity contribution < 1.29 is 15.0 Å². The second-order valence-electron chi connectivity index (χ2n) is 7.50. The number of aliphatic hydroxyl groups is 2. The predicted molar refractivity (Wildman–Crippen MR) is 94.4 cm³/mol. The quantitative estimate of drug-likeness (QED) is 0.749. The van der Waals surface area contributed by atoms with Crippen LogP contribution >= 0.6 is 0 Å². The van der Waals surface area contributed by atoms with Gasteiger partial charge in [-0.3, -0.25) is 9.48 Å². The van der Waals surface area contributed by atoms with Crippen LogP contribution in [0.1, 0.15) is 34.6 Å². The highest BCUT2D eigenvalue weighted by atomic mass is 16.3. The molecule has 1 aromatic rings.